The van der Waals surface area contributed by atoms with Crippen LogP contribution in [0, 0.1) is 5.92 Å². The summed E-state index contributed by atoms with van der Waals surface area (Å²) in [6.45, 7) is 5.15. The van der Waals surface area contributed by atoms with E-state index in [1.54, 1.807) is 6.92 Å². The maximum atomic E-state index is 11.6. The molecule has 0 spiro atoms. The lowest BCUT2D eigenvalue weighted by Gasteiger charge is -2.31. The minimum absolute atomic E-state index is 0.274. The van der Waals surface area contributed by atoms with Crippen LogP contribution in [0.25, 0.3) is 0 Å². The smallest absolute Gasteiger partial charge is 0.413 e. The summed E-state index contributed by atoms with van der Waals surface area (Å²) in [5.74, 6) is 0.462. The molecule has 1 aliphatic heterocycles. The van der Waals surface area contributed by atoms with E-state index in [2.05, 4.69) is 20.3 Å². The number of carbonyl (C=O) groups excluding carboxylic acids is 2. The van der Waals surface area contributed by atoms with Crippen molar-refractivity contribution in [3.05, 3.63) is 0 Å². The van der Waals surface area contributed by atoms with E-state index < -0.39 is 6.09 Å². The van der Waals surface area contributed by atoms with Crippen molar-refractivity contribution < 1.29 is 14.3 Å². The molecule has 1 saturated heterocycles. The van der Waals surface area contributed by atoms with Crippen LogP contribution in [0.3, 0.4) is 0 Å². The lowest BCUT2D eigenvalue weighted by molar-refractivity contribution is -0.121. The first-order valence-corrected chi connectivity index (χ1v) is 6.99. The van der Waals surface area contributed by atoms with E-state index in [1.807, 2.05) is 7.05 Å². The first kappa shape index (κ1) is 15.9. The van der Waals surface area contributed by atoms with E-state index in [1.165, 1.54) is 6.42 Å². The molecule has 1 rings (SSSR count). The van der Waals surface area contributed by atoms with E-state index in [0.717, 1.165) is 38.4 Å². The number of hydrogen-bond donors (Lipinski definition) is 2. The topological polar surface area (TPSA) is 70.7 Å². The molecule has 0 radical (unpaired) electrons. The van der Waals surface area contributed by atoms with Crippen LogP contribution in [0.1, 0.15) is 26.2 Å². The number of amides is 2. The highest BCUT2D eigenvalue weighted by atomic mass is 16.5. The van der Waals surface area contributed by atoms with Crippen LogP contribution in [0.4, 0.5) is 4.79 Å². The summed E-state index contributed by atoms with van der Waals surface area (Å²) in [7, 11) is 1.97. The fourth-order valence-corrected chi connectivity index (χ4v) is 2.31. The van der Waals surface area contributed by atoms with Crippen LogP contribution in [0.2, 0.25) is 0 Å². The summed E-state index contributed by atoms with van der Waals surface area (Å²) >= 11 is 0. The fraction of sp³-hybridized carbons (Fsp3) is 0.846. The highest BCUT2D eigenvalue weighted by Gasteiger charge is 2.21. The zero-order chi connectivity index (χ0) is 14.1. The molecule has 1 aliphatic rings. The minimum atomic E-state index is -0.656. The summed E-state index contributed by atoms with van der Waals surface area (Å²) in [6, 6.07) is 0. The zero-order valence-electron chi connectivity index (χ0n) is 11.9. The number of carbonyl (C=O) groups is 2. The number of rotatable bonds is 6. The molecule has 2 amide bonds. The van der Waals surface area contributed by atoms with E-state index in [0.29, 0.717) is 0 Å². The van der Waals surface area contributed by atoms with Crippen LogP contribution >= 0.6 is 0 Å². The fourth-order valence-electron chi connectivity index (χ4n) is 2.31. The van der Waals surface area contributed by atoms with Gasteiger partial charge in [0, 0.05) is 0 Å². The van der Waals surface area contributed by atoms with Gasteiger partial charge in [0.1, 0.15) is 0 Å². The quantitative estimate of drug-likeness (QED) is 0.739. The predicted molar refractivity (Wildman–Crippen MR) is 72.9 cm³/mol. The lowest BCUT2D eigenvalue weighted by Crippen LogP contribution is -2.43. The second kappa shape index (κ2) is 8.87. The Kier molecular flexibility index (Phi) is 7.43. The van der Waals surface area contributed by atoms with E-state index in [9.17, 15) is 9.59 Å². The van der Waals surface area contributed by atoms with E-state index in [-0.39, 0.29) is 19.1 Å². The van der Waals surface area contributed by atoms with Crippen molar-refractivity contribution in [1.82, 2.24) is 15.5 Å². The number of likely N-dealkylation sites (tertiary alicyclic amines) is 1. The van der Waals surface area contributed by atoms with Gasteiger partial charge in [-0.1, -0.05) is 0 Å². The summed E-state index contributed by atoms with van der Waals surface area (Å²) in [5.41, 5.74) is 0. The Labute approximate surface area is 114 Å². The Balaban J connectivity index is 2.18. The second-order valence-corrected chi connectivity index (χ2v) is 4.88. The van der Waals surface area contributed by atoms with Gasteiger partial charge in [0.25, 0.3) is 0 Å². The molecule has 6 nitrogen and oxygen atoms in total. The molecule has 6 heteroatoms. The molecule has 19 heavy (non-hydrogen) atoms. The van der Waals surface area contributed by atoms with E-state index in [4.69, 9.17) is 0 Å². The van der Waals surface area contributed by atoms with Gasteiger partial charge in [-0.15, -0.1) is 0 Å². The second-order valence-electron chi connectivity index (χ2n) is 4.88. The molecule has 0 atom stereocenters. The maximum Gasteiger partial charge on any atom is 0.413 e. The summed E-state index contributed by atoms with van der Waals surface area (Å²) < 4.78 is 4.67. The summed E-state index contributed by atoms with van der Waals surface area (Å²) in [6.07, 6.45) is 2.78. The Morgan fingerprint density at radius 2 is 2.00 bits per heavy atom. The number of piperidine rings is 1. The lowest BCUT2D eigenvalue weighted by atomic mass is 9.93. The van der Waals surface area contributed by atoms with Crippen LogP contribution < -0.4 is 10.6 Å². The number of imide groups is 1. The Hall–Kier alpha value is -1.14. The van der Waals surface area contributed by atoms with Gasteiger partial charge in [-0.3, -0.25) is 15.0 Å². The minimum Gasteiger partial charge on any atom is -0.450 e. The van der Waals surface area contributed by atoms with Gasteiger partial charge in [0.05, 0.1) is 13.2 Å². The third-order valence-electron chi connectivity index (χ3n) is 3.39. The van der Waals surface area contributed by atoms with Crippen molar-refractivity contribution in [1.29, 1.82) is 0 Å². The molecule has 0 aromatic heterocycles. The Bertz CT molecular complexity index is 289. The molecule has 0 bridgehead atoms. The normalized spacial score (nSPS) is 17.2. The molecule has 110 valence electrons. The molecule has 0 saturated carbocycles. The van der Waals surface area contributed by atoms with Crippen molar-refractivity contribution in [3.8, 4) is 0 Å². The van der Waals surface area contributed by atoms with Crippen LogP contribution in [0.5, 0.6) is 0 Å². The molecule has 2 N–H and O–H groups in total. The largest absolute Gasteiger partial charge is 0.450 e. The van der Waals surface area contributed by atoms with Crippen LogP contribution in [-0.2, 0) is 9.53 Å². The Morgan fingerprint density at radius 3 is 2.58 bits per heavy atom. The number of ether oxygens (including phenoxy) is 1. The molecular weight excluding hydrogens is 246 g/mol. The molecule has 1 heterocycles. The number of hydrogen-bond acceptors (Lipinski definition) is 5. The number of alkyl carbamates (subject to hydrolysis) is 1. The van der Waals surface area contributed by atoms with Gasteiger partial charge in [-0.2, -0.15) is 0 Å². The average Bonchev–Trinajstić information content (AvgIpc) is 2.38. The SMILES string of the molecule is CCOC(=O)NC(=O)CN1CCC(CCNC)CC1. The average molecular weight is 271 g/mol. The molecule has 0 aromatic rings. The standard InChI is InChI=1S/C13H25N3O3/c1-3-19-13(18)15-12(17)10-16-8-5-11(6-9-16)4-7-14-2/h11,14H,3-10H2,1-2H3,(H,15,17,18). The summed E-state index contributed by atoms with van der Waals surface area (Å²) in [4.78, 5) is 24.8. The maximum absolute atomic E-state index is 11.6. The van der Waals surface area contributed by atoms with Crippen LogP contribution in [0.15, 0.2) is 0 Å². The van der Waals surface area contributed by atoms with Gasteiger partial charge >= 0.3 is 6.09 Å². The van der Waals surface area contributed by atoms with Crippen LogP contribution in [-0.4, -0.2) is 56.7 Å². The van der Waals surface area contributed by atoms with Crippen molar-refractivity contribution >= 4 is 12.0 Å². The van der Waals surface area contributed by atoms with Crippen molar-refractivity contribution in [3.63, 3.8) is 0 Å². The van der Waals surface area contributed by atoms with Gasteiger partial charge < -0.3 is 10.1 Å². The van der Waals surface area contributed by atoms with Gasteiger partial charge in [-0.05, 0) is 58.8 Å². The Morgan fingerprint density at radius 1 is 1.32 bits per heavy atom. The van der Waals surface area contributed by atoms with Crippen molar-refractivity contribution in [2.75, 3.05) is 39.8 Å². The van der Waals surface area contributed by atoms with Gasteiger partial charge in [0.2, 0.25) is 5.91 Å². The van der Waals surface area contributed by atoms with Crippen molar-refractivity contribution in [2.24, 2.45) is 5.92 Å². The predicted octanol–water partition coefficient (Wildman–Crippen LogP) is 0.581. The van der Waals surface area contributed by atoms with Gasteiger partial charge in [0.15, 0.2) is 0 Å². The molecule has 0 unspecified atom stereocenters. The number of nitrogens with zero attached hydrogens (tertiary/aromatic N) is 1. The number of nitrogens with one attached hydrogen (secondary N) is 2. The molecule has 0 aromatic carbocycles. The third kappa shape index (κ3) is 6.54. The summed E-state index contributed by atoms with van der Waals surface area (Å²) in [5, 5.41) is 5.38. The highest BCUT2D eigenvalue weighted by Crippen LogP contribution is 2.19. The molecular formula is C13H25N3O3. The highest BCUT2D eigenvalue weighted by molar-refractivity contribution is 5.92. The molecule has 1 fully saturated rings. The first-order valence-electron chi connectivity index (χ1n) is 6.99. The molecule has 0 aliphatic carbocycles. The zero-order valence-corrected chi connectivity index (χ0v) is 11.9. The van der Waals surface area contributed by atoms with Gasteiger partial charge in [-0.25, -0.2) is 4.79 Å². The first-order chi connectivity index (χ1) is 9.15. The monoisotopic (exact) mass is 271 g/mol. The van der Waals surface area contributed by atoms with E-state index >= 15 is 0 Å². The van der Waals surface area contributed by atoms with Crippen molar-refractivity contribution in [2.45, 2.75) is 26.2 Å². The third-order valence-corrected chi connectivity index (χ3v) is 3.39.